The summed E-state index contributed by atoms with van der Waals surface area (Å²) in [4.78, 5) is 10.8. The van der Waals surface area contributed by atoms with Crippen molar-refractivity contribution in [3.63, 3.8) is 0 Å². The van der Waals surface area contributed by atoms with E-state index in [0.717, 1.165) is 25.9 Å². The van der Waals surface area contributed by atoms with E-state index in [2.05, 4.69) is 16.6 Å². The smallest absolute Gasteiger partial charge is 0.384 e. The molecule has 0 aromatic carbocycles. The molecule has 0 saturated carbocycles. The standard InChI is InChI=1S/C12H18O4/c1-2-14-11(13)7-3-5-9-15-12-8-4-6-10-16-12/h12H,2,4-6,8-10H2,1H3/t12-/m1/s1. The van der Waals surface area contributed by atoms with Gasteiger partial charge in [-0.15, -0.1) is 0 Å². The molecule has 90 valence electrons. The fourth-order valence-corrected chi connectivity index (χ4v) is 1.39. The third-order valence-electron chi connectivity index (χ3n) is 2.13. The van der Waals surface area contributed by atoms with Crippen molar-refractivity contribution in [3.05, 3.63) is 0 Å². The second kappa shape index (κ2) is 8.14. The molecule has 0 aliphatic carbocycles. The molecule has 1 fully saturated rings. The van der Waals surface area contributed by atoms with Crippen molar-refractivity contribution < 1.29 is 19.0 Å². The van der Waals surface area contributed by atoms with Crippen LogP contribution >= 0.6 is 0 Å². The van der Waals surface area contributed by atoms with Gasteiger partial charge in [-0.2, -0.15) is 0 Å². The van der Waals surface area contributed by atoms with Gasteiger partial charge in [-0.05, 0) is 26.2 Å². The Morgan fingerprint density at radius 2 is 2.38 bits per heavy atom. The molecule has 0 amide bonds. The van der Waals surface area contributed by atoms with Crippen molar-refractivity contribution in [2.45, 2.75) is 38.9 Å². The molecule has 1 atom stereocenters. The third kappa shape index (κ3) is 5.74. The summed E-state index contributed by atoms with van der Waals surface area (Å²) >= 11 is 0. The van der Waals surface area contributed by atoms with E-state index in [9.17, 15) is 4.79 Å². The van der Waals surface area contributed by atoms with Crippen LogP contribution in [0.5, 0.6) is 0 Å². The Kier molecular flexibility index (Phi) is 6.62. The third-order valence-corrected chi connectivity index (χ3v) is 2.13. The van der Waals surface area contributed by atoms with Gasteiger partial charge < -0.3 is 14.2 Å². The van der Waals surface area contributed by atoms with Gasteiger partial charge in [0.1, 0.15) is 0 Å². The van der Waals surface area contributed by atoms with Gasteiger partial charge in [-0.3, -0.25) is 0 Å². The van der Waals surface area contributed by atoms with Crippen molar-refractivity contribution in [2.75, 3.05) is 19.8 Å². The number of hydrogen-bond acceptors (Lipinski definition) is 4. The number of ether oxygens (including phenoxy) is 3. The van der Waals surface area contributed by atoms with Crippen LogP contribution in [0.2, 0.25) is 0 Å². The number of esters is 1. The van der Waals surface area contributed by atoms with Crippen LogP contribution in [0.1, 0.15) is 32.6 Å². The first-order chi connectivity index (χ1) is 7.83. The monoisotopic (exact) mass is 226 g/mol. The van der Waals surface area contributed by atoms with E-state index in [-0.39, 0.29) is 6.29 Å². The van der Waals surface area contributed by atoms with Crippen molar-refractivity contribution in [1.29, 1.82) is 0 Å². The highest BCUT2D eigenvalue weighted by Gasteiger charge is 2.12. The van der Waals surface area contributed by atoms with E-state index < -0.39 is 5.97 Å². The van der Waals surface area contributed by atoms with Crippen LogP contribution in [-0.2, 0) is 19.0 Å². The maximum atomic E-state index is 10.8. The highest BCUT2D eigenvalue weighted by molar-refractivity contribution is 5.88. The normalized spacial score (nSPS) is 19.7. The molecule has 0 unspecified atom stereocenters. The molecule has 0 aromatic heterocycles. The maximum absolute atomic E-state index is 10.8. The van der Waals surface area contributed by atoms with Crippen LogP contribution in [0.25, 0.3) is 0 Å². The lowest BCUT2D eigenvalue weighted by atomic mass is 10.2. The summed E-state index contributed by atoms with van der Waals surface area (Å²) in [5.41, 5.74) is 0. The molecule has 1 heterocycles. The van der Waals surface area contributed by atoms with Gasteiger partial charge in [0.25, 0.3) is 0 Å². The number of carbonyl (C=O) groups excluding carboxylic acids is 1. The summed E-state index contributed by atoms with van der Waals surface area (Å²) in [6.07, 6.45) is 3.66. The van der Waals surface area contributed by atoms with Crippen LogP contribution < -0.4 is 0 Å². The van der Waals surface area contributed by atoms with Crippen molar-refractivity contribution in [2.24, 2.45) is 0 Å². The molecule has 1 aliphatic rings. The van der Waals surface area contributed by atoms with Crippen molar-refractivity contribution in [3.8, 4) is 11.8 Å². The van der Waals surface area contributed by atoms with Crippen LogP contribution in [0.4, 0.5) is 0 Å². The van der Waals surface area contributed by atoms with Crippen LogP contribution in [0.3, 0.4) is 0 Å². The zero-order valence-electron chi connectivity index (χ0n) is 9.66. The number of carbonyl (C=O) groups is 1. The Morgan fingerprint density at radius 3 is 3.06 bits per heavy atom. The van der Waals surface area contributed by atoms with Gasteiger partial charge in [0.15, 0.2) is 6.29 Å². The van der Waals surface area contributed by atoms with Gasteiger partial charge >= 0.3 is 5.97 Å². The van der Waals surface area contributed by atoms with Crippen molar-refractivity contribution in [1.82, 2.24) is 0 Å². The molecule has 1 rings (SSSR count). The minimum Gasteiger partial charge on any atom is -0.456 e. The van der Waals surface area contributed by atoms with Crippen molar-refractivity contribution >= 4 is 5.97 Å². The molecule has 16 heavy (non-hydrogen) atoms. The zero-order valence-corrected chi connectivity index (χ0v) is 9.66. The second-order valence-corrected chi connectivity index (χ2v) is 3.44. The molecule has 1 saturated heterocycles. The lowest BCUT2D eigenvalue weighted by molar-refractivity contribution is -0.161. The Labute approximate surface area is 96.2 Å². The highest BCUT2D eigenvalue weighted by Crippen LogP contribution is 2.13. The van der Waals surface area contributed by atoms with Crippen LogP contribution in [0, 0.1) is 11.8 Å². The first-order valence-electron chi connectivity index (χ1n) is 5.71. The van der Waals surface area contributed by atoms with E-state index in [4.69, 9.17) is 9.47 Å². The van der Waals surface area contributed by atoms with Gasteiger partial charge in [-0.25, -0.2) is 4.79 Å². The lowest BCUT2D eigenvalue weighted by Crippen LogP contribution is -2.22. The van der Waals surface area contributed by atoms with E-state index in [0.29, 0.717) is 19.6 Å². The SMILES string of the molecule is CCOC(=O)C#CCCO[C@H]1CCCCO1. The molecule has 0 aromatic rings. The summed E-state index contributed by atoms with van der Waals surface area (Å²) in [6.45, 7) is 3.39. The summed E-state index contributed by atoms with van der Waals surface area (Å²) in [5, 5.41) is 0. The summed E-state index contributed by atoms with van der Waals surface area (Å²) < 4.78 is 15.5. The predicted octanol–water partition coefficient (Wildman–Crippen LogP) is 1.49. The van der Waals surface area contributed by atoms with Crippen LogP contribution in [-0.4, -0.2) is 32.1 Å². The average Bonchev–Trinajstić information content (AvgIpc) is 2.30. The van der Waals surface area contributed by atoms with E-state index in [1.54, 1.807) is 6.92 Å². The number of hydrogen-bond donors (Lipinski definition) is 0. The Morgan fingerprint density at radius 1 is 1.50 bits per heavy atom. The van der Waals surface area contributed by atoms with Crippen LogP contribution in [0.15, 0.2) is 0 Å². The second-order valence-electron chi connectivity index (χ2n) is 3.44. The van der Waals surface area contributed by atoms with Gasteiger partial charge in [-0.1, -0.05) is 5.92 Å². The first-order valence-corrected chi connectivity index (χ1v) is 5.71. The minimum absolute atomic E-state index is 0.0851. The Balaban J connectivity index is 2.04. The fraction of sp³-hybridized carbons (Fsp3) is 0.750. The van der Waals surface area contributed by atoms with Gasteiger partial charge in [0, 0.05) is 18.9 Å². The first kappa shape index (κ1) is 13.0. The lowest BCUT2D eigenvalue weighted by Gasteiger charge is -2.22. The topological polar surface area (TPSA) is 44.8 Å². The molecule has 4 heteroatoms. The molecule has 0 radical (unpaired) electrons. The molecule has 4 nitrogen and oxygen atoms in total. The minimum atomic E-state index is -0.476. The van der Waals surface area contributed by atoms with Gasteiger partial charge in [0.05, 0.1) is 13.2 Å². The average molecular weight is 226 g/mol. The molecule has 1 aliphatic heterocycles. The maximum Gasteiger partial charge on any atom is 0.384 e. The molecular formula is C12H18O4. The van der Waals surface area contributed by atoms with E-state index in [1.165, 1.54) is 0 Å². The predicted molar refractivity (Wildman–Crippen MR) is 58.6 cm³/mol. The summed E-state index contributed by atoms with van der Waals surface area (Å²) in [7, 11) is 0. The Bertz CT molecular complexity index is 258. The largest absolute Gasteiger partial charge is 0.456 e. The molecular weight excluding hydrogens is 208 g/mol. The summed E-state index contributed by atoms with van der Waals surface area (Å²) in [5.74, 6) is 4.62. The quantitative estimate of drug-likeness (QED) is 0.315. The number of rotatable bonds is 4. The van der Waals surface area contributed by atoms with Gasteiger partial charge in [0.2, 0.25) is 0 Å². The molecule has 0 spiro atoms. The fourth-order valence-electron chi connectivity index (χ4n) is 1.39. The zero-order chi connectivity index (χ0) is 11.6. The highest BCUT2D eigenvalue weighted by atomic mass is 16.7. The molecule has 0 N–H and O–H groups in total. The van der Waals surface area contributed by atoms with E-state index >= 15 is 0 Å². The molecule has 0 bridgehead atoms. The summed E-state index contributed by atoms with van der Waals surface area (Å²) in [6, 6.07) is 0. The Hall–Kier alpha value is -1.05. The van der Waals surface area contributed by atoms with E-state index in [1.807, 2.05) is 0 Å².